The van der Waals surface area contributed by atoms with Crippen molar-refractivity contribution in [3.8, 4) is 0 Å². The van der Waals surface area contributed by atoms with Gasteiger partial charge >= 0.3 is 0 Å². The predicted molar refractivity (Wildman–Crippen MR) is 69.5 cm³/mol. The molecule has 1 amide bonds. The first kappa shape index (κ1) is 12.9. The molecule has 1 aliphatic carbocycles. The summed E-state index contributed by atoms with van der Waals surface area (Å²) < 4.78 is 0. The largest absolute Gasteiger partial charge is 0.338 e. The highest BCUT2D eigenvalue weighted by atomic mass is 16.2. The molecule has 2 aliphatic rings. The first-order chi connectivity index (χ1) is 8.20. The smallest absolute Gasteiger partial charge is 0.223 e. The van der Waals surface area contributed by atoms with Gasteiger partial charge in [-0.05, 0) is 43.9 Å². The molecule has 2 N–H and O–H groups in total. The van der Waals surface area contributed by atoms with Gasteiger partial charge in [0, 0.05) is 25.6 Å². The number of nitrogens with two attached hydrogens (primary N) is 1. The second kappa shape index (κ2) is 5.85. The SMILES string of the molecule is C[C@@H]1CC[C@@H](CC(=O)N2CCCC[C@H]2CN)C1. The topological polar surface area (TPSA) is 46.3 Å². The Morgan fingerprint density at radius 3 is 2.76 bits per heavy atom. The van der Waals surface area contributed by atoms with Crippen LogP contribution in [0.4, 0.5) is 0 Å². The van der Waals surface area contributed by atoms with E-state index in [9.17, 15) is 4.79 Å². The Kier molecular flexibility index (Phi) is 4.43. The highest BCUT2D eigenvalue weighted by molar-refractivity contribution is 5.77. The Labute approximate surface area is 105 Å². The van der Waals surface area contributed by atoms with Crippen molar-refractivity contribution in [1.82, 2.24) is 4.90 Å². The fourth-order valence-electron chi connectivity index (χ4n) is 3.45. The maximum absolute atomic E-state index is 12.3. The lowest BCUT2D eigenvalue weighted by atomic mass is 9.98. The normalized spacial score (nSPS) is 34.0. The molecule has 1 saturated heterocycles. The highest BCUT2D eigenvalue weighted by Gasteiger charge is 2.29. The van der Waals surface area contributed by atoms with Crippen LogP contribution in [0.2, 0.25) is 0 Å². The number of hydrogen-bond donors (Lipinski definition) is 1. The van der Waals surface area contributed by atoms with Gasteiger partial charge in [0.25, 0.3) is 0 Å². The molecule has 0 aromatic heterocycles. The van der Waals surface area contributed by atoms with Gasteiger partial charge in [-0.3, -0.25) is 4.79 Å². The van der Waals surface area contributed by atoms with Crippen molar-refractivity contribution in [2.75, 3.05) is 13.1 Å². The highest BCUT2D eigenvalue weighted by Crippen LogP contribution is 2.33. The summed E-state index contributed by atoms with van der Waals surface area (Å²) in [6.45, 7) is 3.86. The zero-order chi connectivity index (χ0) is 12.3. The molecule has 0 unspecified atom stereocenters. The third kappa shape index (κ3) is 3.21. The van der Waals surface area contributed by atoms with Crippen LogP contribution < -0.4 is 5.73 Å². The van der Waals surface area contributed by atoms with E-state index in [1.54, 1.807) is 0 Å². The average molecular weight is 238 g/mol. The minimum Gasteiger partial charge on any atom is -0.338 e. The van der Waals surface area contributed by atoms with Crippen LogP contribution in [0.15, 0.2) is 0 Å². The van der Waals surface area contributed by atoms with Crippen molar-refractivity contribution in [1.29, 1.82) is 0 Å². The number of carbonyl (C=O) groups is 1. The van der Waals surface area contributed by atoms with Crippen LogP contribution in [-0.4, -0.2) is 29.9 Å². The van der Waals surface area contributed by atoms with E-state index in [1.807, 2.05) is 0 Å². The molecule has 98 valence electrons. The van der Waals surface area contributed by atoms with E-state index in [-0.39, 0.29) is 0 Å². The van der Waals surface area contributed by atoms with E-state index in [2.05, 4.69) is 11.8 Å². The lowest BCUT2D eigenvalue weighted by Gasteiger charge is -2.35. The summed E-state index contributed by atoms with van der Waals surface area (Å²) in [7, 11) is 0. The Balaban J connectivity index is 1.85. The lowest BCUT2D eigenvalue weighted by Crippen LogP contribution is -2.47. The summed E-state index contributed by atoms with van der Waals surface area (Å²) in [5, 5.41) is 0. The molecular weight excluding hydrogens is 212 g/mol. The van der Waals surface area contributed by atoms with Gasteiger partial charge < -0.3 is 10.6 Å². The molecular formula is C14H26N2O. The molecule has 0 aromatic carbocycles. The van der Waals surface area contributed by atoms with Crippen molar-refractivity contribution >= 4 is 5.91 Å². The Bertz CT molecular complexity index is 267. The minimum atomic E-state index is 0.315. The predicted octanol–water partition coefficient (Wildman–Crippen LogP) is 2.15. The number of nitrogens with zero attached hydrogens (tertiary/aromatic N) is 1. The summed E-state index contributed by atoms with van der Waals surface area (Å²) >= 11 is 0. The van der Waals surface area contributed by atoms with Gasteiger partial charge in [-0.1, -0.05) is 13.3 Å². The number of likely N-dealkylation sites (tertiary alicyclic amines) is 1. The molecule has 1 saturated carbocycles. The monoisotopic (exact) mass is 238 g/mol. The van der Waals surface area contributed by atoms with Crippen LogP contribution in [-0.2, 0) is 4.79 Å². The number of carbonyl (C=O) groups excluding carboxylic acids is 1. The van der Waals surface area contributed by atoms with E-state index < -0.39 is 0 Å². The van der Waals surface area contributed by atoms with Gasteiger partial charge in [-0.2, -0.15) is 0 Å². The maximum Gasteiger partial charge on any atom is 0.223 e. The van der Waals surface area contributed by atoms with Crippen molar-refractivity contribution in [3.05, 3.63) is 0 Å². The summed E-state index contributed by atoms with van der Waals surface area (Å²) in [4.78, 5) is 14.4. The maximum atomic E-state index is 12.3. The third-order valence-electron chi connectivity index (χ3n) is 4.49. The third-order valence-corrected chi connectivity index (χ3v) is 4.49. The van der Waals surface area contributed by atoms with E-state index in [0.717, 1.165) is 31.7 Å². The average Bonchev–Trinajstić information content (AvgIpc) is 2.74. The molecule has 1 aliphatic heterocycles. The minimum absolute atomic E-state index is 0.315. The second-order valence-corrected chi connectivity index (χ2v) is 5.96. The van der Waals surface area contributed by atoms with E-state index in [4.69, 9.17) is 5.73 Å². The molecule has 2 rings (SSSR count). The molecule has 0 bridgehead atoms. The van der Waals surface area contributed by atoms with E-state index >= 15 is 0 Å². The van der Waals surface area contributed by atoms with Gasteiger partial charge in [0.2, 0.25) is 5.91 Å². The van der Waals surface area contributed by atoms with Crippen LogP contribution in [0, 0.1) is 11.8 Å². The zero-order valence-electron chi connectivity index (χ0n) is 11.0. The van der Waals surface area contributed by atoms with Gasteiger partial charge in [0.05, 0.1) is 0 Å². The van der Waals surface area contributed by atoms with Crippen LogP contribution in [0.1, 0.15) is 51.9 Å². The number of piperidine rings is 1. The van der Waals surface area contributed by atoms with E-state index in [1.165, 1.54) is 25.7 Å². The molecule has 3 atom stereocenters. The quantitative estimate of drug-likeness (QED) is 0.819. The molecule has 0 aromatic rings. The Morgan fingerprint density at radius 2 is 2.12 bits per heavy atom. The number of rotatable bonds is 3. The molecule has 0 spiro atoms. The van der Waals surface area contributed by atoms with Crippen LogP contribution in [0.25, 0.3) is 0 Å². The lowest BCUT2D eigenvalue weighted by molar-refractivity contribution is -0.135. The second-order valence-electron chi connectivity index (χ2n) is 5.96. The Hall–Kier alpha value is -0.570. The fourth-order valence-corrected chi connectivity index (χ4v) is 3.45. The van der Waals surface area contributed by atoms with Crippen molar-refractivity contribution in [2.45, 2.75) is 57.9 Å². The molecule has 1 heterocycles. The fraction of sp³-hybridized carbons (Fsp3) is 0.929. The van der Waals surface area contributed by atoms with Crippen LogP contribution >= 0.6 is 0 Å². The molecule has 2 fully saturated rings. The van der Waals surface area contributed by atoms with Crippen molar-refractivity contribution in [2.24, 2.45) is 17.6 Å². The summed E-state index contributed by atoms with van der Waals surface area (Å²) in [5.74, 6) is 1.82. The molecule has 0 radical (unpaired) electrons. The summed E-state index contributed by atoms with van der Waals surface area (Å²) in [6.07, 6.45) is 8.04. The first-order valence-electron chi connectivity index (χ1n) is 7.20. The Morgan fingerprint density at radius 1 is 1.29 bits per heavy atom. The van der Waals surface area contributed by atoms with Crippen LogP contribution in [0.5, 0.6) is 0 Å². The molecule has 3 nitrogen and oxygen atoms in total. The molecule has 17 heavy (non-hydrogen) atoms. The number of amides is 1. The van der Waals surface area contributed by atoms with Crippen molar-refractivity contribution < 1.29 is 4.79 Å². The summed E-state index contributed by atoms with van der Waals surface area (Å²) in [6, 6.07) is 0.315. The molecule has 3 heteroatoms. The van der Waals surface area contributed by atoms with Gasteiger partial charge in [0.1, 0.15) is 0 Å². The first-order valence-corrected chi connectivity index (χ1v) is 7.20. The standard InChI is InChI=1S/C14H26N2O/c1-11-5-6-12(8-11)9-14(17)16-7-3-2-4-13(16)10-15/h11-13H,2-10,15H2,1H3/t11-,12-,13+/m1/s1. The number of hydrogen-bond acceptors (Lipinski definition) is 2. The van der Waals surface area contributed by atoms with Gasteiger partial charge in [0.15, 0.2) is 0 Å². The van der Waals surface area contributed by atoms with Crippen molar-refractivity contribution in [3.63, 3.8) is 0 Å². The van der Waals surface area contributed by atoms with Gasteiger partial charge in [-0.25, -0.2) is 0 Å². The summed E-state index contributed by atoms with van der Waals surface area (Å²) in [5.41, 5.74) is 5.77. The zero-order valence-corrected chi connectivity index (χ0v) is 11.0. The van der Waals surface area contributed by atoms with E-state index in [0.29, 0.717) is 24.4 Å². The van der Waals surface area contributed by atoms with Gasteiger partial charge in [-0.15, -0.1) is 0 Å². The van der Waals surface area contributed by atoms with Crippen LogP contribution in [0.3, 0.4) is 0 Å².